The van der Waals surface area contributed by atoms with Gasteiger partial charge in [-0.3, -0.25) is 0 Å². The van der Waals surface area contributed by atoms with Gasteiger partial charge in [0.05, 0.1) is 12.2 Å². The molecule has 0 aromatic heterocycles. The first-order chi connectivity index (χ1) is 5.76. The molecule has 0 aliphatic heterocycles. The lowest BCUT2D eigenvalue weighted by Gasteiger charge is -2.42. The van der Waals surface area contributed by atoms with E-state index in [1.807, 2.05) is 0 Å². The number of rotatable bonds is 0. The maximum absolute atomic E-state index is 9.87. The number of aliphatic hydroxyl groups is 2. The lowest BCUT2D eigenvalue weighted by molar-refractivity contribution is -0.0964. The zero-order valence-electron chi connectivity index (χ0n) is 7.50. The fourth-order valence-corrected chi connectivity index (χ4v) is 3.00. The monoisotopic (exact) mass is 170 g/mol. The van der Waals surface area contributed by atoms with Gasteiger partial charge in [0.2, 0.25) is 0 Å². The predicted octanol–water partition coefficient (Wildman–Crippen LogP) is 1.45. The molecule has 2 fully saturated rings. The molecule has 2 atom stereocenters. The van der Waals surface area contributed by atoms with Gasteiger partial charge < -0.3 is 10.2 Å². The molecule has 0 heterocycles. The minimum Gasteiger partial charge on any atom is -0.392 e. The molecule has 70 valence electrons. The predicted molar refractivity (Wildman–Crippen MR) is 46.8 cm³/mol. The summed E-state index contributed by atoms with van der Waals surface area (Å²) in [5.74, 6) is 0. The molecule has 2 heteroatoms. The van der Waals surface area contributed by atoms with E-state index in [0.717, 1.165) is 32.1 Å². The first-order valence-electron chi connectivity index (χ1n) is 5.12. The molecule has 0 aromatic carbocycles. The Hall–Kier alpha value is -0.0800. The van der Waals surface area contributed by atoms with Gasteiger partial charge in [0.25, 0.3) is 0 Å². The number of aliphatic hydroxyl groups excluding tert-OH is 2. The molecule has 2 saturated carbocycles. The van der Waals surface area contributed by atoms with E-state index in [0.29, 0.717) is 0 Å². The van der Waals surface area contributed by atoms with Crippen LogP contribution in [0.5, 0.6) is 0 Å². The van der Waals surface area contributed by atoms with Crippen molar-refractivity contribution >= 4 is 0 Å². The number of hydrogen-bond donors (Lipinski definition) is 2. The molecule has 0 radical (unpaired) electrons. The van der Waals surface area contributed by atoms with Crippen molar-refractivity contribution in [3.8, 4) is 0 Å². The van der Waals surface area contributed by atoms with Gasteiger partial charge in [-0.15, -0.1) is 0 Å². The van der Waals surface area contributed by atoms with E-state index >= 15 is 0 Å². The lowest BCUT2D eigenvalue weighted by Crippen LogP contribution is -2.46. The first-order valence-corrected chi connectivity index (χ1v) is 5.12. The van der Waals surface area contributed by atoms with Crippen molar-refractivity contribution in [3.05, 3.63) is 0 Å². The van der Waals surface area contributed by atoms with Crippen LogP contribution in [0.1, 0.15) is 44.9 Å². The summed E-state index contributed by atoms with van der Waals surface area (Å²) in [6.45, 7) is 0. The quantitative estimate of drug-likeness (QED) is 0.577. The normalized spacial score (nSPS) is 40.5. The molecular weight excluding hydrogens is 152 g/mol. The molecule has 2 aliphatic carbocycles. The molecule has 2 aliphatic rings. The third-order valence-electron chi connectivity index (χ3n) is 3.82. The highest BCUT2D eigenvalue weighted by Gasteiger charge is 2.47. The van der Waals surface area contributed by atoms with Gasteiger partial charge in [0.15, 0.2) is 0 Å². The molecular formula is C10H18O2. The summed E-state index contributed by atoms with van der Waals surface area (Å²) < 4.78 is 0. The Morgan fingerprint density at radius 1 is 0.833 bits per heavy atom. The molecule has 12 heavy (non-hydrogen) atoms. The molecule has 0 saturated heterocycles. The summed E-state index contributed by atoms with van der Waals surface area (Å²) in [7, 11) is 0. The third-order valence-corrected chi connectivity index (χ3v) is 3.82. The zero-order valence-corrected chi connectivity index (χ0v) is 7.50. The van der Waals surface area contributed by atoms with Crippen LogP contribution in [0.3, 0.4) is 0 Å². The van der Waals surface area contributed by atoms with Gasteiger partial charge in [-0.2, -0.15) is 0 Å². The highest BCUT2D eigenvalue weighted by Crippen LogP contribution is 2.48. The second kappa shape index (κ2) is 3.00. The maximum atomic E-state index is 9.87. The third kappa shape index (κ3) is 1.09. The Bertz CT molecular complexity index is 149. The van der Waals surface area contributed by atoms with Gasteiger partial charge >= 0.3 is 0 Å². The fourth-order valence-electron chi connectivity index (χ4n) is 3.00. The molecule has 0 unspecified atom stereocenters. The molecule has 0 aromatic rings. The van der Waals surface area contributed by atoms with Crippen molar-refractivity contribution in [2.24, 2.45) is 5.41 Å². The molecule has 2 nitrogen and oxygen atoms in total. The molecule has 1 spiro atoms. The summed E-state index contributed by atoms with van der Waals surface area (Å²) >= 11 is 0. The lowest BCUT2D eigenvalue weighted by atomic mass is 9.68. The van der Waals surface area contributed by atoms with E-state index in [-0.39, 0.29) is 17.6 Å². The SMILES string of the molecule is O[C@@H]1CCC[C@H](O)C12CCCC2. The number of hydrogen-bond acceptors (Lipinski definition) is 2. The van der Waals surface area contributed by atoms with Crippen molar-refractivity contribution in [2.75, 3.05) is 0 Å². The van der Waals surface area contributed by atoms with Crippen LogP contribution in [0.4, 0.5) is 0 Å². The topological polar surface area (TPSA) is 40.5 Å². The molecule has 2 rings (SSSR count). The van der Waals surface area contributed by atoms with E-state index < -0.39 is 0 Å². The summed E-state index contributed by atoms with van der Waals surface area (Å²) in [4.78, 5) is 0. The highest BCUT2D eigenvalue weighted by molar-refractivity contribution is 4.98. The average Bonchev–Trinajstić information content (AvgIpc) is 2.50. The van der Waals surface area contributed by atoms with Gasteiger partial charge in [-0.1, -0.05) is 12.8 Å². The zero-order chi connectivity index (χ0) is 8.60. The van der Waals surface area contributed by atoms with Crippen molar-refractivity contribution in [3.63, 3.8) is 0 Å². The summed E-state index contributed by atoms with van der Waals surface area (Å²) in [6.07, 6.45) is 6.78. The van der Waals surface area contributed by atoms with E-state index in [1.165, 1.54) is 12.8 Å². The van der Waals surface area contributed by atoms with Crippen LogP contribution in [0, 0.1) is 5.41 Å². The Kier molecular flexibility index (Phi) is 2.13. The van der Waals surface area contributed by atoms with Crippen LogP contribution < -0.4 is 0 Å². The van der Waals surface area contributed by atoms with E-state index in [1.54, 1.807) is 0 Å². The molecule has 2 N–H and O–H groups in total. The summed E-state index contributed by atoms with van der Waals surface area (Å²) in [6, 6.07) is 0. The van der Waals surface area contributed by atoms with Crippen molar-refractivity contribution < 1.29 is 10.2 Å². The Morgan fingerprint density at radius 2 is 1.33 bits per heavy atom. The first kappa shape index (κ1) is 8.52. The van der Waals surface area contributed by atoms with Crippen LogP contribution in [0.25, 0.3) is 0 Å². The Balaban J connectivity index is 2.16. The Morgan fingerprint density at radius 3 is 1.83 bits per heavy atom. The van der Waals surface area contributed by atoms with Crippen LogP contribution >= 0.6 is 0 Å². The standard InChI is InChI=1S/C10H18O2/c11-8-4-3-5-9(12)10(8)6-1-2-7-10/h8-9,11-12H,1-7H2/t8-,9+. The van der Waals surface area contributed by atoms with Crippen molar-refractivity contribution in [2.45, 2.75) is 57.2 Å². The smallest absolute Gasteiger partial charge is 0.0621 e. The second-order valence-electron chi connectivity index (χ2n) is 4.40. The largest absolute Gasteiger partial charge is 0.392 e. The molecule has 0 amide bonds. The minimum absolute atomic E-state index is 0.0990. The maximum Gasteiger partial charge on any atom is 0.0621 e. The van der Waals surface area contributed by atoms with Crippen LogP contribution in [0.15, 0.2) is 0 Å². The van der Waals surface area contributed by atoms with Crippen molar-refractivity contribution in [1.82, 2.24) is 0 Å². The van der Waals surface area contributed by atoms with E-state index in [2.05, 4.69) is 0 Å². The van der Waals surface area contributed by atoms with Crippen LogP contribution in [-0.4, -0.2) is 22.4 Å². The molecule has 0 bridgehead atoms. The highest BCUT2D eigenvalue weighted by atomic mass is 16.3. The van der Waals surface area contributed by atoms with E-state index in [4.69, 9.17) is 0 Å². The van der Waals surface area contributed by atoms with E-state index in [9.17, 15) is 10.2 Å². The van der Waals surface area contributed by atoms with Crippen LogP contribution in [0.2, 0.25) is 0 Å². The van der Waals surface area contributed by atoms with Gasteiger partial charge in [0.1, 0.15) is 0 Å². The second-order valence-corrected chi connectivity index (χ2v) is 4.40. The Labute approximate surface area is 73.6 Å². The van der Waals surface area contributed by atoms with Gasteiger partial charge in [-0.25, -0.2) is 0 Å². The minimum atomic E-state index is -0.233. The summed E-state index contributed by atoms with van der Waals surface area (Å²) in [5, 5.41) is 19.7. The van der Waals surface area contributed by atoms with Gasteiger partial charge in [-0.05, 0) is 32.1 Å². The average molecular weight is 170 g/mol. The van der Waals surface area contributed by atoms with Crippen molar-refractivity contribution in [1.29, 1.82) is 0 Å². The summed E-state index contributed by atoms with van der Waals surface area (Å²) in [5.41, 5.74) is -0.0990. The van der Waals surface area contributed by atoms with Crippen LogP contribution in [-0.2, 0) is 0 Å². The fraction of sp³-hybridized carbons (Fsp3) is 1.00. The van der Waals surface area contributed by atoms with Gasteiger partial charge in [0, 0.05) is 5.41 Å².